The summed E-state index contributed by atoms with van der Waals surface area (Å²) in [5, 5.41) is 2.61. The summed E-state index contributed by atoms with van der Waals surface area (Å²) in [7, 11) is 0. The molecule has 4 nitrogen and oxygen atoms in total. The molecular weight excluding hydrogens is 348 g/mol. The van der Waals surface area contributed by atoms with E-state index < -0.39 is 11.8 Å². The van der Waals surface area contributed by atoms with Crippen molar-refractivity contribution >= 4 is 39.9 Å². The first kappa shape index (κ1) is 16.6. The van der Waals surface area contributed by atoms with Crippen LogP contribution in [-0.4, -0.2) is 29.8 Å². The highest BCUT2D eigenvalue weighted by Crippen LogP contribution is 2.28. The monoisotopic (exact) mass is 364 g/mol. The first-order chi connectivity index (χ1) is 12.6. The molecule has 0 spiro atoms. The maximum Gasteiger partial charge on any atom is 0.316 e. The van der Waals surface area contributed by atoms with E-state index in [4.69, 9.17) is 11.6 Å². The lowest BCUT2D eigenvalue weighted by molar-refractivity contribution is -0.146. The highest BCUT2D eigenvalue weighted by atomic mass is 35.5. The Bertz CT molecular complexity index is 997. The number of hydrogen-bond donors (Lipinski definition) is 0. The van der Waals surface area contributed by atoms with Gasteiger partial charge in [-0.2, -0.15) is 0 Å². The van der Waals surface area contributed by atoms with Crippen LogP contribution in [0.25, 0.3) is 10.8 Å². The highest BCUT2D eigenvalue weighted by molar-refractivity contribution is 6.41. The molecule has 3 aromatic rings. The van der Waals surface area contributed by atoms with Crippen LogP contribution in [0.3, 0.4) is 0 Å². The molecule has 1 aliphatic rings. The van der Waals surface area contributed by atoms with Gasteiger partial charge < -0.3 is 9.80 Å². The maximum absolute atomic E-state index is 12.8. The third-order valence-corrected chi connectivity index (χ3v) is 5.05. The standard InChI is InChI=1S/C21H17ClN2O2/c22-18-10-4-2-7-16(18)14-23-12-13-24(21(26)20(23)25)19-11-5-8-15-6-1-3-9-17(15)19/h1-11H,12-14H2. The molecule has 5 heteroatoms. The second kappa shape index (κ2) is 6.81. The van der Waals surface area contributed by atoms with Crippen LogP contribution in [0.5, 0.6) is 0 Å². The Hall–Kier alpha value is -2.85. The molecule has 0 atom stereocenters. The summed E-state index contributed by atoms with van der Waals surface area (Å²) < 4.78 is 0. The van der Waals surface area contributed by atoms with Gasteiger partial charge in [0.25, 0.3) is 0 Å². The van der Waals surface area contributed by atoms with Crippen LogP contribution in [-0.2, 0) is 16.1 Å². The van der Waals surface area contributed by atoms with Gasteiger partial charge in [-0.1, -0.05) is 66.2 Å². The van der Waals surface area contributed by atoms with Gasteiger partial charge in [-0.05, 0) is 23.1 Å². The van der Waals surface area contributed by atoms with Crippen LogP contribution in [0.2, 0.25) is 5.02 Å². The van der Waals surface area contributed by atoms with Gasteiger partial charge in [-0.25, -0.2) is 0 Å². The van der Waals surface area contributed by atoms with E-state index in [0.717, 1.165) is 22.0 Å². The quantitative estimate of drug-likeness (QED) is 0.662. The van der Waals surface area contributed by atoms with Gasteiger partial charge in [0.1, 0.15) is 0 Å². The number of rotatable bonds is 3. The minimum atomic E-state index is -0.500. The fraction of sp³-hybridized carbons (Fsp3) is 0.143. The Balaban J connectivity index is 1.60. The summed E-state index contributed by atoms with van der Waals surface area (Å²) in [6.45, 7) is 1.27. The van der Waals surface area contributed by atoms with Crippen molar-refractivity contribution in [3.63, 3.8) is 0 Å². The van der Waals surface area contributed by atoms with Gasteiger partial charge in [0.05, 0.1) is 5.69 Å². The largest absolute Gasteiger partial charge is 0.328 e. The van der Waals surface area contributed by atoms with Crippen LogP contribution in [0.4, 0.5) is 5.69 Å². The molecule has 0 radical (unpaired) electrons. The number of nitrogens with zero attached hydrogens (tertiary/aromatic N) is 2. The Labute approximate surface area is 156 Å². The van der Waals surface area contributed by atoms with Gasteiger partial charge in [-0.15, -0.1) is 0 Å². The topological polar surface area (TPSA) is 40.6 Å². The summed E-state index contributed by atoms with van der Waals surface area (Å²) >= 11 is 6.18. The van der Waals surface area contributed by atoms with E-state index >= 15 is 0 Å². The van der Waals surface area contributed by atoms with E-state index in [9.17, 15) is 9.59 Å². The number of amides is 2. The fourth-order valence-corrected chi connectivity index (χ4v) is 3.53. The van der Waals surface area contributed by atoms with E-state index in [1.54, 1.807) is 15.9 Å². The Morgan fingerprint density at radius 3 is 2.38 bits per heavy atom. The van der Waals surface area contributed by atoms with Crippen molar-refractivity contribution in [2.45, 2.75) is 6.54 Å². The first-order valence-corrected chi connectivity index (χ1v) is 8.85. The molecule has 1 aliphatic heterocycles. The number of fused-ring (bicyclic) bond motifs is 1. The molecule has 0 aromatic heterocycles. The Kier molecular flexibility index (Phi) is 4.35. The lowest BCUT2D eigenvalue weighted by Gasteiger charge is -2.34. The average Bonchev–Trinajstić information content (AvgIpc) is 2.67. The van der Waals surface area contributed by atoms with Crippen LogP contribution in [0, 0.1) is 0 Å². The van der Waals surface area contributed by atoms with Crippen molar-refractivity contribution in [3.05, 3.63) is 77.3 Å². The second-order valence-electron chi connectivity index (χ2n) is 6.27. The summed E-state index contributed by atoms with van der Waals surface area (Å²) in [6, 6.07) is 21.0. The number of hydrogen-bond acceptors (Lipinski definition) is 2. The van der Waals surface area contributed by atoms with Gasteiger partial charge in [-0.3, -0.25) is 9.59 Å². The van der Waals surface area contributed by atoms with Gasteiger partial charge >= 0.3 is 11.8 Å². The molecule has 0 N–H and O–H groups in total. The molecule has 26 heavy (non-hydrogen) atoms. The second-order valence-corrected chi connectivity index (χ2v) is 6.68. The van der Waals surface area contributed by atoms with Crippen LogP contribution >= 0.6 is 11.6 Å². The van der Waals surface area contributed by atoms with Gasteiger partial charge in [0, 0.05) is 30.0 Å². The molecule has 130 valence electrons. The molecule has 0 bridgehead atoms. The molecule has 1 saturated heterocycles. The fourth-order valence-electron chi connectivity index (χ4n) is 3.33. The molecule has 1 fully saturated rings. The summed E-state index contributed by atoms with van der Waals surface area (Å²) in [6.07, 6.45) is 0. The maximum atomic E-state index is 12.8. The zero-order chi connectivity index (χ0) is 18.1. The van der Waals surface area contributed by atoms with E-state index in [1.807, 2.05) is 60.7 Å². The lowest BCUT2D eigenvalue weighted by Crippen LogP contribution is -2.54. The molecule has 3 aromatic carbocycles. The van der Waals surface area contributed by atoms with E-state index in [2.05, 4.69) is 0 Å². The summed E-state index contributed by atoms with van der Waals surface area (Å²) in [4.78, 5) is 28.5. The van der Waals surface area contributed by atoms with Crippen molar-refractivity contribution in [1.82, 2.24) is 4.90 Å². The van der Waals surface area contributed by atoms with E-state index in [-0.39, 0.29) is 0 Å². The summed E-state index contributed by atoms with van der Waals surface area (Å²) in [5.74, 6) is -0.997. The summed E-state index contributed by atoms with van der Waals surface area (Å²) in [5.41, 5.74) is 1.62. The van der Waals surface area contributed by atoms with Gasteiger partial charge in [0.15, 0.2) is 0 Å². The number of benzene rings is 3. The van der Waals surface area contributed by atoms with Crippen LogP contribution < -0.4 is 4.90 Å². The molecule has 1 heterocycles. The zero-order valence-electron chi connectivity index (χ0n) is 14.1. The van der Waals surface area contributed by atoms with E-state index in [0.29, 0.717) is 24.7 Å². The minimum Gasteiger partial charge on any atom is -0.328 e. The predicted molar refractivity (Wildman–Crippen MR) is 103 cm³/mol. The zero-order valence-corrected chi connectivity index (χ0v) is 14.8. The predicted octanol–water partition coefficient (Wildman–Crippen LogP) is 3.87. The molecule has 2 amide bonds. The van der Waals surface area contributed by atoms with Crippen molar-refractivity contribution in [2.75, 3.05) is 18.0 Å². The normalized spacial score (nSPS) is 15.0. The number of anilines is 1. The van der Waals surface area contributed by atoms with Crippen LogP contribution in [0.15, 0.2) is 66.7 Å². The molecular formula is C21H17ClN2O2. The molecule has 0 saturated carbocycles. The number of piperazine rings is 1. The number of carbonyl (C=O) groups excluding carboxylic acids is 2. The Morgan fingerprint density at radius 1 is 0.808 bits per heavy atom. The first-order valence-electron chi connectivity index (χ1n) is 8.47. The van der Waals surface area contributed by atoms with Crippen molar-refractivity contribution in [1.29, 1.82) is 0 Å². The SMILES string of the molecule is O=C1C(=O)N(c2cccc3ccccc23)CCN1Cc1ccccc1Cl. The van der Waals surface area contributed by atoms with Crippen LogP contribution in [0.1, 0.15) is 5.56 Å². The smallest absolute Gasteiger partial charge is 0.316 e. The van der Waals surface area contributed by atoms with E-state index in [1.165, 1.54) is 0 Å². The van der Waals surface area contributed by atoms with Crippen molar-refractivity contribution < 1.29 is 9.59 Å². The third kappa shape index (κ3) is 2.93. The average molecular weight is 365 g/mol. The molecule has 4 rings (SSSR count). The minimum absolute atomic E-state index is 0.341. The molecule has 0 unspecified atom stereocenters. The van der Waals surface area contributed by atoms with Crippen molar-refractivity contribution in [3.8, 4) is 0 Å². The number of halogens is 1. The third-order valence-electron chi connectivity index (χ3n) is 4.69. The van der Waals surface area contributed by atoms with Gasteiger partial charge in [0.2, 0.25) is 0 Å². The number of carbonyl (C=O) groups is 2. The lowest BCUT2D eigenvalue weighted by atomic mass is 10.1. The van der Waals surface area contributed by atoms with Crippen molar-refractivity contribution in [2.24, 2.45) is 0 Å². The highest BCUT2D eigenvalue weighted by Gasteiger charge is 2.34. The molecule has 0 aliphatic carbocycles. The Morgan fingerprint density at radius 2 is 1.54 bits per heavy atom.